The van der Waals surface area contributed by atoms with E-state index < -0.39 is 0 Å². The second-order valence-electron chi connectivity index (χ2n) is 6.56. The van der Waals surface area contributed by atoms with Crippen molar-refractivity contribution in [2.24, 2.45) is 5.10 Å². The minimum Gasteiger partial charge on any atom is -0.497 e. The molecule has 0 saturated carbocycles. The highest BCUT2D eigenvalue weighted by atomic mass is 35.5. The van der Waals surface area contributed by atoms with Crippen LogP contribution in [0.15, 0.2) is 47.6 Å². The lowest BCUT2D eigenvalue weighted by molar-refractivity contribution is 0.0954. The van der Waals surface area contributed by atoms with E-state index in [9.17, 15) is 4.79 Å². The number of nitrogens with one attached hydrogen (secondary N) is 1. The Hall–Kier alpha value is -2.96. The number of halogens is 2. The number of rotatable bonds is 6. The first kappa shape index (κ1) is 21.7. The molecule has 0 spiro atoms. The number of aromatic nitrogens is 1. The molecule has 0 aliphatic rings. The summed E-state index contributed by atoms with van der Waals surface area (Å²) in [5.41, 5.74) is 6.62. The summed E-state index contributed by atoms with van der Waals surface area (Å²) in [6, 6.07) is 12.4. The smallest absolute Gasteiger partial charge is 0.271 e. The summed E-state index contributed by atoms with van der Waals surface area (Å²) in [6.45, 7) is 3.94. The van der Waals surface area contributed by atoms with Crippen LogP contribution in [0, 0.1) is 13.8 Å². The molecule has 0 bridgehead atoms. The number of ether oxygens (including phenoxy) is 2. The summed E-state index contributed by atoms with van der Waals surface area (Å²) < 4.78 is 12.4. The van der Waals surface area contributed by atoms with Crippen LogP contribution < -0.4 is 14.9 Å². The summed E-state index contributed by atoms with van der Waals surface area (Å²) in [4.78, 5) is 12.5. The van der Waals surface area contributed by atoms with Crippen LogP contribution >= 0.6 is 23.2 Å². The standard InChI is InChI=1S/C22H21Cl2N3O3/c1-13-7-16(14(2)27(13)17-5-6-20(23)21(24)10-17)12-25-26-22(28)15-8-18(29-3)11-19(9-15)30-4/h5-12H,1-4H3,(H,26,28)/b25-12-. The topological polar surface area (TPSA) is 64.8 Å². The van der Waals surface area contributed by atoms with Crippen molar-refractivity contribution in [2.75, 3.05) is 14.2 Å². The van der Waals surface area contributed by atoms with E-state index in [0.717, 1.165) is 22.6 Å². The zero-order valence-electron chi connectivity index (χ0n) is 17.0. The van der Waals surface area contributed by atoms with Crippen molar-refractivity contribution in [1.29, 1.82) is 0 Å². The fourth-order valence-electron chi connectivity index (χ4n) is 3.10. The molecule has 1 N–H and O–H groups in total. The molecule has 3 aromatic rings. The lowest BCUT2D eigenvalue weighted by atomic mass is 10.2. The largest absolute Gasteiger partial charge is 0.497 e. The first-order valence-electron chi connectivity index (χ1n) is 9.05. The lowest BCUT2D eigenvalue weighted by Crippen LogP contribution is -2.17. The summed E-state index contributed by atoms with van der Waals surface area (Å²) in [5, 5.41) is 5.09. The zero-order chi connectivity index (χ0) is 21.8. The van der Waals surface area contributed by atoms with Crippen LogP contribution in [0.2, 0.25) is 10.0 Å². The van der Waals surface area contributed by atoms with Gasteiger partial charge in [0.05, 0.1) is 30.5 Å². The fraction of sp³-hybridized carbons (Fsp3) is 0.182. The number of amides is 1. The Kier molecular flexibility index (Phi) is 6.70. The Bertz CT molecular complexity index is 1100. The number of nitrogens with zero attached hydrogens (tertiary/aromatic N) is 2. The van der Waals surface area contributed by atoms with E-state index in [-0.39, 0.29) is 5.91 Å². The Morgan fingerprint density at radius 3 is 2.27 bits per heavy atom. The molecular weight excluding hydrogens is 425 g/mol. The first-order chi connectivity index (χ1) is 14.3. The molecular formula is C22H21Cl2N3O3. The highest BCUT2D eigenvalue weighted by Gasteiger charge is 2.12. The number of hydrogen-bond donors (Lipinski definition) is 1. The number of hydrazone groups is 1. The quantitative estimate of drug-likeness (QED) is 0.419. The van der Waals surface area contributed by atoms with Gasteiger partial charge in [0.25, 0.3) is 5.91 Å². The van der Waals surface area contributed by atoms with Gasteiger partial charge in [0.15, 0.2) is 0 Å². The molecule has 1 heterocycles. The molecule has 3 rings (SSSR count). The zero-order valence-corrected chi connectivity index (χ0v) is 18.5. The highest BCUT2D eigenvalue weighted by molar-refractivity contribution is 6.42. The van der Waals surface area contributed by atoms with Crippen LogP contribution in [0.4, 0.5) is 0 Å². The molecule has 156 valence electrons. The summed E-state index contributed by atoms with van der Waals surface area (Å²) in [7, 11) is 3.05. The minimum absolute atomic E-state index is 0.373. The number of carbonyl (C=O) groups is 1. The second-order valence-corrected chi connectivity index (χ2v) is 7.38. The van der Waals surface area contributed by atoms with Gasteiger partial charge in [0.2, 0.25) is 0 Å². The number of hydrogen-bond acceptors (Lipinski definition) is 4. The molecule has 0 aliphatic heterocycles. The van der Waals surface area contributed by atoms with E-state index in [1.807, 2.05) is 36.6 Å². The van der Waals surface area contributed by atoms with Crippen molar-refractivity contribution >= 4 is 35.3 Å². The minimum atomic E-state index is -0.373. The van der Waals surface area contributed by atoms with Crippen LogP contribution in [0.1, 0.15) is 27.3 Å². The predicted octanol–water partition coefficient (Wildman–Crippen LogP) is 5.18. The second kappa shape index (κ2) is 9.24. The van der Waals surface area contributed by atoms with Gasteiger partial charge in [-0.25, -0.2) is 5.43 Å². The summed E-state index contributed by atoms with van der Waals surface area (Å²) in [5.74, 6) is 0.670. The number of aryl methyl sites for hydroxylation is 1. The van der Waals surface area contributed by atoms with Gasteiger partial charge >= 0.3 is 0 Å². The van der Waals surface area contributed by atoms with Crippen LogP contribution in [-0.4, -0.2) is 30.9 Å². The van der Waals surface area contributed by atoms with Gasteiger partial charge in [-0.3, -0.25) is 4.79 Å². The van der Waals surface area contributed by atoms with E-state index in [4.69, 9.17) is 32.7 Å². The summed E-state index contributed by atoms with van der Waals surface area (Å²) >= 11 is 12.2. The Labute approximate surface area is 185 Å². The molecule has 30 heavy (non-hydrogen) atoms. The van der Waals surface area contributed by atoms with Crippen LogP contribution in [0.5, 0.6) is 11.5 Å². The number of methoxy groups -OCH3 is 2. The van der Waals surface area contributed by atoms with Gasteiger partial charge in [0, 0.05) is 34.3 Å². The van der Waals surface area contributed by atoms with Crippen LogP contribution in [0.3, 0.4) is 0 Å². The average Bonchev–Trinajstić information content (AvgIpc) is 3.02. The van der Waals surface area contributed by atoms with Gasteiger partial charge in [-0.1, -0.05) is 23.2 Å². The van der Waals surface area contributed by atoms with E-state index in [2.05, 4.69) is 10.5 Å². The Balaban J connectivity index is 1.80. The van der Waals surface area contributed by atoms with E-state index in [1.165, 1.54) is 14.2 Å². The maximum atomic E-state index is 12.5. The van der Waals surface area contributed by atoms with Crippen molar-refractivity contribution in [2.45, 2.75) is 13.8 Å². The lowest BCUT2D eigenvalue weighted by Gasteiger charge is -2.10. The molecule has 0 fully saturated rings. The van der Waals surface area contributed by atoms with Crippen molar-refractivity contribution in [3.05, 3.63) is 75.0 Å². The molecule has 8 heteroatoms. The third-order valence-corrected chi connectivity index (χ3v) is 5.35. The van der Waals surface area contributed by atoms with Gasteiger partial charge in [0.1, 0.15) is 11.5 Å². The molecule has 0 atom stereocenters. The molecule has 0 unspecified atom stereocenters. The normalized spacial score (nSPS) is 11.0. The fourth-order valence-corrected chi connectivity index (χ4v) is 3.40. The van der Waals surface area contributed by atoms with Crippen LogP contribution in [-0.2, 0) is 0 Å². The Morgan fingerprint density at radius 1 is 1.00 bits per heavy atom. The van der Waals surface area contributed by atoms with E-state index >= 15 is 0 Å². The van der Waals surface area contributed by atoms with Gasteiger partial charge in [-0.15, -0.1) is 0 Å². The van der Waals surface area contributed by atoms with Gasteiger partial charge in [-0.2, -0.15) is 5.10 Å². The van der Waals surface area contributed by atoms with Crippen molar-refractivity contribution in [3.63, 3.8) is 0 Å². The maximum Gasteiger partial charge on any atom is 0.271 e. The highest BCUT2D eigenvalue weighted by Crippen LogP contribution is 2.27. The molecule has 0 aliphatic carbocycles. The van der Waals surface area contributed by atoms with E-state index in [1.54, 1.807) is 30.5 Å². The van der Waals surface area contributed by atoms with Gasteiger partial charge in [-0.05, 0) is 50.2 Å². The molecule has 6 nitrogen and oxygen atoms in total. The van der Waals surface area contributed by atoms with Gasteiger partial charge < -0.3 is 14.0 Å². The first-order valence-corrected chi connectivity index (χ1v) is 9.80. The molecule has 0 radical (unpaired) electrons. The molecule has 1 amide bonds. The third kappa shape index (κ3) is 4.61. The SMILES string of the molecule is COc1cc(OC)cc(C(=O)N/N=C\c2cc(C)n(-c3ccc(Cl)c(Cl)c3)c2C)c1. The Morgan fingerprint density at radius 2 is 1.67 bits per heavy atom. The van der Waals surface area contributed by atoms with Crippen molar-refractivity contribution < 1.29 is 14.3 Å². The molecule has 2 aromatic carbocycles. The third-order valence-electron chi connectivity index (χ3n) is 4.62. The predicted molar refractivity (Wildman–Crippen MR) is 120 cm³/mol. The van der Waals surface area contributed by atoms with Crippen LogP contribution in [0.25, 0.3) is 5.69 Å². The molecule has 1 aromatic heterocycles. The van der Waals surface area contributed by atoms with Crippen molar-refractivity contribution in [1.82, 2.24) is 9.99 Å². The monoisotopic (exact) mass is 445 g/mol. The summed E-state index contributed by atoms with van der Waals surface area (Å²) in [6.07, 6.45) is 1.60. The average molecular weight is 446 g/mol. The number of benzene rings is 2. The van der Waals surface area contributed by atoms with E-state index in [0.29, 0.717) is 27.1 Å². The maximum absolute atomic E-state index is 12.5. The molecule has 0 saturated heterocycles. The number of carbonyl (C=O) groups excluding carboxylic acids is 1. The van der Waals surface area contributed by atoms with Crippen molar-refractivity contribution in [3.8, 4) is 17.2 Å².